The molecule has 3 aromatic rings. The van der Waals surface area contributed by atoms with Crippen molar-refractivity contribution in [3.63, 3.8) is 0 Å². The lowest BCUT2D eigenvalue weighted by atomic mass is 9.92. The number of hydrogen-bond donors (Lipinski definition) is 0. The van der Waals surface area contributed by atoms with Gasteiger partial charge in [-0.1, -0.05) is 68.9 Å². The van der Waals surface area contributed by atoms with Gasteiger partial charge in [-0.05, 0) is 70.1 Å². The summed E-state index contributed by atoms with van der Waals surface area (Å²) in [4.78, 5) is 32.5. The van der Waals surface area contributed by atoms with Gasteiger partial charge < -0.3 is 9.47 Å². The smallest absolute Gasteiger partial charge is 0.338 e. The number of ether oxygens (including phenoxy) is 2. The molecule has 0 amide bonds. The van der Waals surface area contributed by atoms with Crippen molar-refractivity contribution >= 4 is 39.3 Å². The van der Waals surface area contributed by atoms with Gasteiger partial charge in [0.1, 0.15) is 5.75 Å². The van der Waals surface area contributed by atoms with Crippen molar-refractivity contribution in [2.75, 3.05) is 13.7 Å². The average molecular weight is 584 g/mol. The van der Waals surface area contributed by atoms with Gasteiger partial charge in [-0.2, -0.15) is 0 Å². The first-order chi connectivity index (χ1) is 17.8. The Labute approximate surface area is 229 Å². The maximum absolute atomic E-state index is 13.8. The quantitative estimate of drug-likeness (QED) is 0.330. The third kappa shape index (κ3) is 5.50. The van der Waals surface area contributed by atoms with E-state index < -0.39 is 12.0 Å². The highest BCUT2D eigenvalue weighted by Crippen LogP contribution is 2.33. The normalized spacial score (nSPS) is 15.5. The van der Waals surface area contributed by atoms with Crippen LogP contribution >= 0.6 is 27.3 Å². The predicted octanol–water partition coefficient (Wildman–Crippen LogP) is 5.47. The van der Waals surface area contributed by atoms with Crippen LogP contribution in [0.3, 0.4) is 0 Å². The van der Waals surface area contributed by atoms with E-state index in [1.54, 1.807) is 18.6 Å². The summed E-state index contributed by atoms with van der Waals surface area (Å²) >= 11 is 4.85. The molecule has 0 unspecified atom stereocenters. The van der Waals surface area contributed by atoms with Gasteiger partial charge in [0.05, 0.1) is 40.0 Å². The van der Waals surface area contributed by atoms with Crippen molar-refractivity contribution in [1.82, 2.24) is 4.57 Å². The molecule has 0 radical (unpaired) electrons. The Morgan fingerprint density at radius 3 is 2.51 bits per heavy atom. The Bertz CT molecular complexity index is 1520. The third-order valence-corrected chi connectivity index (χ3v) is 7.89. The minimum absolute atomic E-state index is 0.189. The van der Waals surface area contributed by atoms with E-state index in [9.17, 15) is 9.59 Å². The van der Waals surface area contributed by atoms with Crippen molar-refractivity contribution in [2.24, 2.45) is 4.99 Å². The zero-order valence-corrected chi connectivity index (χ0v) is 24.1. The molecule has 1 atom stereocenters. The van der Waals surface area contributed by atoms with Crippen LogP contribution in [0.15, 0.2) is 68.0 Å². The summed E-state index contributed by atoms with van der Waals surface area (Å²) < 4.78 is 13.8. The molecular weight excluding hydrogens is 552 g/mol. The molecule has 6 nitrogen and oxygen atoms in total. The monoisotopic (exact) mass is 582 g/mol. The van der Waals surface area contributed by atoms with Gasteiger partial charge in [0.2, 0.25) is 0 Å². The molecule has 0 saturated carbocycles. The number of halogens is 1. The number of thiazole rings is 1. The molecule has 1 aromatic heterocycles. The maximum Gasteiger partial charge on any atom is 0.338 e. The van der Waals surface area contributed by atoms with Crippen molar-refractivity contribution < 1.29 is 14.3 Å². The minimum atomic E-state index is -0.609. The number of methoxy groups -OCH3 is 1. The fourth-order valence-corrected chi connectivity index (χ4v) is 6.00. The van der Waals surface area contributed by atoms with E-state index >= 15 is 0 Å². The van der Waals surface area contributed by atoms with E-state index in [4.69, 9.17) is 14.5 Å². The largest absolute Gasteiger partial charge is 0.496 e. The molecule has 194 valence electrons. The van der Waals surface area contributed by atoms with Crippen molar-refractivity contribution in [2.45, 2.75) is 52.5 Å². The lowest BCUT2D eigenvalue weighted by Crippen LogP contribution is -2.40. The molecule has 0 fully saturated rings. The van der Waals surface area contributed by atoms with E-state index in [2.05, 4.69) is 48.8 Å². The third-order valence-electron chi connectivity index (χ3n) is 6.28. The Kier molecular flexibility index (Phi) is 8.49. The SMILES string of the molecule is CCCC1=C(C(=O)OCC)[C@H](c2ccc(C(C)C)cc2)n2c(s/c(=C\c3ccc(OC)c(Br)c3)c2=O)=N1. The molecule has 2 aromatic carbocycles. The lowest BCUT2D eigenvalue weighted by Gasteiger charge is -2.26. The van der Waals surface area contributed by atoms with Crippen LogP contribution in [0, 0.1) is 0 Å². The molecule has 0 spiro atoms. The Hall–Kier alpha value is -2.97. The number of allylic oxidation sites excluding steroid dienone is 1. The molecular formula is C29H31BrN2O4S. The van der Waals surface area contributed by atoms with Crippen LogP contribution in [0.2, 0.25) is 0 Å². The summed E-state index contributed by atoms with van der Waals surface area (Å²) in [6.07, 6.45) is 3.28. The molecule has 1 aliphatic rings. The first-order valence-electron chi connectivity index (χ1n) is 12.4. The minimum Gasteiger partial charge on any atom is -0.496 e. The van der Waals surface area contributed by atoms with Gasteiger partial charge in [-0.25, -0.2) is 9.79 Å². The average Bonchev–Trinajstić information content (AvgIpc) is 3.18. The molecule has 1 aliphatic heterocycles. The lowest BCUT2D eigenvalue weighted by molar-refractivity contribution is -0.139. The van der Waals surface area contributed by atoms with Crippen molar-refractivity contribution in [1.29, 1.82) is 0 Å². The summed E-state index contributed by atoms with van der Waals surface area (Å²) in [5.74, 6) is 0.656. The van der Waals surface area contributed by atoms with E-state index in [0.29, 0.717) is 38.7 Å². The Morgan fingerprint density at radius 1 is 1.19 bits per heavy atom. The molecule has 0 N–H and O–H groups in total. The van der Waals surface area contributed by atoms with Crippen LogP contribution in [-0.2, 0) is 9.53 Å². The number of rotatable bonds is 8. The van der Waals surface area contributed by atoms with Crippen LogP contribution in [0.25, 0.3) is 6.08 Å². The molecule has 37 heavy (non-hydrogen) atoms. The highest BCUT2D eigenvalue weighted by Gasteiger charge is 2.34. The van der Waals surface area contributed by atoms with Gasteiger partial charge in [0.15, 0.2) is 4.80 Å². The number of benzene rings is 2. The summed E-state index contributed by atoms with van der Waals surface area (Å²) in [6, 6.07) is 13.2. The van der Waals surface area contributed by atoms with Gasteiger partial charge in [-0.3, -0.25) is 9.36 Å². The summed E-state index contributed by atoms with van der Waals surface area (Å²) in [5.41, 5.74) is 3.83. The van der Waals surface area contributed by atoms with Gasteiger partial charge >= 0.3 is 5.97 Å². The van der Waals surface area contributed by atoms with E-state index in [1.807, 2.05) is 36.4 Å². The molecule has 0 saturated heterocycles. The zero-order valence-electron chi connectivity index (χ0n) is 21.7. The van der Waals surface area contributed by atoms with Crippen LogP contribution in [0.1, 0.15) is 69.2 Å². The molecule has 8 heteroatoms. The molecule has 0 aliphatic carbocycles. The number of nitrogens with zero attached hydrogens (tertiary/aromatic N) is 2. The predicted molar refractivity (Wildman–Crippen MR) is 151 cm³/mol. The molecule has 2 heterocycles. The number of fused-ring (bicyclic) bond motifs is 1. The maximum atomic E-state index is 13.8. The van der Waals surface area contributed by atoms with Gasteiger partial charge in [0.25, 0.3) is 5.56 Å². The van der Waals surface area contributed by atoms with Crippen molar-refractivity contribution in [3.8, 4) is 5.75 Å². The highest BCUT2D eigenvalue weighted by molar-refractivity contribution is 9.10. The fraction of sp³-hybridized carbons (Fsp3) is 0.345. The highest BCUT2D eigenvalue weighted by atomic mass is 79.9. The fourth-order valence-electron chi connectivity index (χ4n) is 4.42. The second kappa shape index (κ2) is 11.6. The van der Waals surface area contributed by atoms with E-state index in [-0.39, 0.29) is 12.2 Å². The van der Waals surface area contributed by atoms with Gasteiger partial charge in [-0.15, -0.1) is 0 Å². The molecule has 0 bridgehead atoms. The van der Waals surface area contributed by atoms with Crippen LogP contribution in [-0.4, -0.2) is 24.3 Å². The zero-order chi connectivity index (χ0) is 26.7. The summed E-state index contributed by atoms with van der Waals surface area (Å²) in [5, 5.41) is 0. The second-order valence-electron chi connectivity index (χ2n) is 9.13. The standard InChI is InChI=1S/C29H31BrN2O4S/c1-6-8-22-25(28(34)36-7-2)26(20-12-10-19(11-13-20)17(3)4)32-27(33)24(37-29(32)31-22)16-18-9-14-23(35-5)21(30)15-18/h9-17,26H,6-8H2,1-5H3/b24-16-/t26-/m0/s1. The summed E-state index contributed by atoms with van der Waals surface area (Å²) in [6.45, 7) is 8.36. The Balaban J connectivity index is 1.96. The van der Waals surface area contributed by atoms with E-state index in [1.165, 1.54) is 16.9 Å². The summed E-state index contributed by atoms with van der Waals surface area (Å²) in [7, 11) is 1.61. The second-order valence-corrected chi connectivity index (χ2v) is 11.0. The molecule has 4 rings (SSSR count). The number of hydrogen-bond acceptors (Lipinski definition) is 6. The van der Waals surface area contributed by atoms with Crippen LogP contribution in [0.4, 0.5) is 0 Å². The van der Waals surface area contributed by atoms with E-state index in [0.717, 1.165) is 22.0 Å². The first-order valence-corrected chi connectivity index (χ1v) is 14.0. The number of esters is 1. The van der Waals surface area contributed by atoms with Crippen LogP contribution in [0.5, 0.6) is 5.75 Å². The topological polar surface area (TPSA) is 69.9 Å². The number of carbonyl (C=O) groups is 1. The number of aromatic nitrogens is 1. The number of carbonyl (C=O) groups excluding carboxylic acids is 1. The first kappa shape index (κ1) is 27.1. The van der Waals surface area contributed by atoms with Gasteiger partial charge in [0, 0.05) is 0 Å². The van der Waals surface area contributed by atoms with Crippen molar-refractivity contribution in [3.05, 3.63) is 94.6 Å². The van der Waals surface area contributed by atoms with Crippen LogP contribution < -0.4 is 19.6 Å². The Morgan fingerprint density at radius 2 is 1.92 bits per heavy atom.